The molecule has 0 bridgehead atoms. The van der Waals surface area contributed by atoms with Crippen molar-refractivity contribution in [1.29, 1.82) is 0 Å². The normalized spacial score (nSPS) is 11.8. The van der Waals surface area contributed by atoms with Gasteiger partial charge < -0.3 is 16.2 Å². The highest BCUT2D eigenvalue weighted by atomic mass is 16.4. The number of nitrogens with one attached hydrogen (secondary N) is 1. The minimum atomic E-state index is -1.12. The Morgan fingerprint density at radius 2 is 1.94 bits per heavy atom. The molecule has 1 aromatic carbocycles. The van der Waals surface area contributed by atoms with Crippen LogP contribution < -0.4 is 11.1 Å². The molecular weight excluding hydrogens is 208 g/mol. The van der Waals surface area contributed by atoms with E-state index in [2.05, 4.69) is 5.32 Å². The van der Waals surface area contributed by atoms with Gasteiger partial charge in [0.1, 0.15) is 6.04 Å². The Balaban J connectivity index is 2.35. The van der Waals surface area contributed by atoms with Crippen molar-refractivity contribution in [1.82, 2.24) is 5.32 Å². The molecule has 0 saturated heterocycles. The van der Waals surface area contributed by atoms with Gasteiger partial charge in [-0.3, -0.25) is 9.59 Å². The molecule has 0 heterocycles. The molecule has 0 fully saturated rings. The van der Waals surface area contributed by atoms with Crippen LogP contribution in [0.3, 0.4) is 0 Å². The first-order valence-electron chi connectivity index (χ1n) is 4.88. The van der Waals surface area contributed by atoms with E-state index >= 15 is 0 Å². The molecule has 0 aromatic heterocycles. The summed E-state index contributed by atoms with van der Waals surface area (Å²) in [4.78, 5) is 21.8. The van der Waals surface area contributed by atoms with Crippen LogP contribution in [0.1, 0.15) is 5.56 Å². The van der Waals surface area contributed by atoms with E-state index in [-0.39, 0.29) is 18.9 Å². The van der Waals surface area contributed by atoms with Gasteiger partial charge in [-0.05, 0) is 5.56 Å². The van der Waals surface area contributed by atoms with E-state index in [0.29, 0.717) is 0 Å². The van der Waals surface area contributed by atoms with Gasteiger partial charge in [0.25, 0.3) is 0 Å². The van der Waals surface area contributed by atoms with Gasteiger partial charge in [-0.1, -0.05) is 30.3 Å². The molecule has 1 rings (SSSR count). The van der Waals surface area contributed by atoms with Crippen LogP contribution in [0.4, 0.5) is 0 Å². The van der Waals surface area contributed by atoms with Crippen LogP contribution in [-0.4, -0.2) is 29.6 Å². The molecule has 1 amide bonds. The molecule has 0 aliphatic heterocycles. The van der Waals surface area contributed by atoms with Crippen molar-refractivity contribution in [3.05, 3.63) is 35.9 Å². The molecule has 1 atom stereocenters. The van der Waals surface area contributed by atoms with Gasteiger partial charge >= 0.3 is 5.97 Å². The van der Waals surface area contributed by atoms with Gasteiger partial charge in [0, 0.05) is 6.54 Å². The number of aliphatic carboxylic acids is 1. The largest absolute Gasteiger partial charge is 0.480 e. The third kappa shape index (κ3) is 4.10. The maximum atomic E-state index is 11.4. The quantitative estimate of drug-likeness (QED) is 0.641. The Morgan fingerprint density at radius 1 is 1.31 bits per heavy atom. The molecule has 86 valence electrons. The van der Waals surface area contributed by atoms with Gasteiger partial charge in [0.2, 0.25) is 5.91 Å². The third-order valence-electron chi connectivity index (χ3n) is 2.04. The van der Waals surface area contributed by atoms with Gasteiger partial charge in [0.15, 0.2) is 0 Å². The number of carbonyl (C=O) groups excluding carboxylic acids is 1. The van der Waals surface area contributed by atoms with E-state index in [9.17, 15) is 9.59 Å². The minimum absolute atomic E-state index is 0.0546. The van der Waals surface area contributed by atoms with Crippen LogP contribution in [0.2, 0.25) is 0 Å². The summed E-state index contributed by atoms with van der Waals surface area (Å²) in [6.07, 6.45) is 0.229. The van der Waals surface area contributed by atoms with Crippen LogP contribution in [0.15, 0.2) is 30.3 Å². The van der Waals surface area contributed by atoms with Crippen LogP contribution in [-0.2, 0) is 16.0 Å². The topological polar surface area (TPSA) is 92.4 Å². The molecular formula is C11H14N2O3. The molecule has 0 aliphatic carbocycles. The zero-order valence-corrected chi connectivity index (χ0v) is 8.72. The van der Waals surface area contributed by atoms with Crippen molar-refractivity contribution >= 4 is 11.9 Å². The minimum Gasteiger partial charge on any atom is -0.480 e. The fourth-order valence-electron chi connectivity index (χ4n) is 1.15. The summed E-state index contributed by atoms with van der Waals surface area (Å²) < 4.78 is 0. The van der Waals surface area contributed by atoms with Crippen LogP contribution >= 0.6 is 0 Å². The SMILES string of the molecule is NC(CNC(=O)Cc1ccccc1)C(=O)O. The van der Waals surface area contributed by atoms with E-state index in [1.807, 2.05) is 30.3 Å². The fraction of sp³-hybridized carbons (Fsp3) is 0.273. The zero-order chi connectivity index (χ0) is 12.0. The summed E-state index contributed by atoms with van der Waals surface area (Å²) in [5.41, 5.74) is 6.12. The second-order valence-corrected chi connectivity index (χ2v) is 3.41. The van der Waals surface area contributed by atoms with E-state index in [4.69, 9.17) is 10.8 Å². The standard InChI is InChI=1S/C11H14N2O3/c12-9(11(15)16)7-13-10(14)6-8-4-2-1-3-5-8/h1-5,9H,6-7,12H2,(H,13,14)(H,15,16). The lowest BCUT2D eigenvalue weighted by Gasteiger charge is -2.08. The molecule has 16 heavy (non-hydrogen) atoms. The molecule has 5 nitrogen and oxygen atoms in total. The van der Waals surface area contributed by atoms with Crippen LogP contribution in [0, 0.1) is 0 Å². The number of benzene rings is 1. The predicted molar refractivity (Wildman–Crippen MR) is 58.8 cm³/mol. The van der Waals surface area contributed by atoms with Gasteiger partial charge in [0.05, 0.1) is 6.42 Å². The number of carbonyl (C=O) groups is 2. The van der Waals surface area contributed by atoms with Crippen LogP contribution in [0.5, 0.6) is 0 Å². The summed E-state index contributed by atoms with van der Waals surface area (Å²) in [6.45, 7) is -0.0546. The van der Waals surface area contributed by atoms with Crippen molar-refractivity contribution in [3.8, 4) is 0 Å². The average molecular weight is 222 g/mol. The Kier molecular flexibility index (Phi) is 4.47. The second-order valence-electron chi connectivity index (χ2n) is 3.41. The van der Waals surface area contributed by atoms with Gasteiger partial charge in [-0.15, -0.1) is 0 Å². The maximum absolute atomic E-state index is 11.4. The average Bonchev–Trinajstić information content (AvgIpc) is 2.27. The lowest BCUT2D eigenvalue weighted by atomic mass is 10.1. The number of hydrogen-bond acceptors (Lipinski definition) is 3. The first-order chi connectivity index (χ1) is 7.59. The second kappa shape index (κ2) is 5.87. The zero-order valence-electron chi connectivity index (χ0n) is 8.72. The van der Waals surface area contributed by atoms with Crippen molar-refractivity contribution in [2.45, 2.75) is 12.5 Å². The Labute approximate surface area is 93.3 Å². The smallest absolute Gasteiger partial charge is 0.322 e. The molecule has 1 aromatic rings. The van der Waals surface area contributed by atoms with Crippen molar-refractivity contribution in [2.75, 3.05) is 6.54 Å². The van der Waals surface area contributed by atoms with E-state index < -0.39 is 12.0 Å². The van der Waals surface area contributed by atoms with E-state index in [0.717, 1.165) is 5.56 Å². The number of carboxylic acids is 1. The molecule has 0 saturated carbocycles. The highest BCUT2D eigenvalue weighted by Crippen LogP contribution is 1.98. The lowest BCUT2D eigenvalue weighted by Crippen LogP contribution is -2.42. The molecule has 0 spiro atoms. The highest BCUT2D eigenvalue weighted by molar-refractivity contribution is 5.80. The molecule has 1 unspecified atom stereocenters. The Morgan fingerprint density at radius 3 is 2.50 bits per heavy atom. The van der Waals surface area contributed by atoms with Crippen molar-refractivity contribution in [3.63, 3.8) is 0 Å². The molecule has 4 N–H and O–H groups in total. The number of rotatable bonds is 5. The lowest BCUT2D eigenvalue weighted by molar-refractivity contribution is -0.138. The summed E-state index contributed by atoms with van der Waals surface area (Å²) in [6, 6.07) is 8.14. The first kappa shape index (κ1) is 12.2. The molecule has 0 radical (unpaired) electrons. The number of nitrogens with two attached hydrogens (primary N) is 1. The van der Waals surface area contributed by atoms with Gasteiger partial charge in [-0.2, -0.15) is 0 Å². The monoisotopic (exact) mass is 222 g/mol. The maximum Gasteiger partial charge on any atom is 0.322 e. The first-order valence-corrected chi connectivity index (χ1v) is 4.88. The van der Waals surface area contributed by atoms with Gasteiger partial charge in [-0.25, -0.2) is 0 Å². The predicted octanol–water partition coefficient (Wildman–Crippen LogP) is -0.243. The van der Waals surface area contributed by atoms with Crippen molar-refractivity contribution < 1.29 is 14.7 Å². The van der Waals surface area contributed by atoms with E-state index in [1.165, 1.54) is 0 Å². The Bertz CT molecular complexity index is 365. The fourth-order valence-corrected chi connectivity index (χ4v) is 1.15. The third-order valence-corrected chi connectivity index (χ3v) is 2.04. The Hall–Kier alpha value is -1.88. The summed E-state index contributed by atoms with van der Waals surface area (Å²) in [5.74, 6) is -1.36. The van der Waals surface area contributed by atoms with Crippen LogP contribution in [0.25, 0.3) is 0 Å². The van der Waals surface area contributed by atoms with E-state index in [1.54, 1.807) is 0 Å². The number of carboxylic acid groups (broad SMARTS) is 1. The highest BCUT2D eigenvalue weighted by Gasteiger charge is 2.12. The number of amides is 1. The molecule has 5 heteroatoms. The molecule has 0 aliphatic rings. The summed E-state index contributed by atoms with van der Waals surface area (Å²) in [5, 5.41) is 11.0. The number of hydrogen-bond donors (Lipinski definition) is 3. The summed E-state index contributed by atoms with van der Waals surface area (Å²) >= 11 is 0. The summed E-state index contributed by atoms with van der Waals surface area (Å²) in [7, 11) is 0. The van der Waals surface area contributed by atoms with Crippen molar-refractivity contribution in [2.24, 2.45) is 5.73 Å².